The van der Waals surface area contributed by atoms with Gasteiger partial charge in [-0.2, -0.15) is 0 Å². The predicted octanol–water partition coefficient (Wildman–Crippen LogP) is 1.78. The standard InChI is InChI=1S/C22H22N2O5S/c25-12-10-22(27)14-24(15-22)21(26)18-8-6-16(7-9-18)13-30(28,29)19-5-1-3-17-4-2-11-23-20(17)19/h1-9,11,25,27H,10,12-15H2. The van der Waals surface area contributed by atoms with Crippen molar-refractivity contribution in [1.29, 1.82) is 0 Å². The molecule has 2 N–H and O–H groups in total. The van der Waals surface area contributed by atoms with Crippen LogP contribution in [0.5, 0.6) is 0 Å². The zero-order chi connectivity index (χ0) is 21.4. The Kier molecular flexibility index (Phi) is 5.31. The molecular weight excluding hydrogens is 404 g/mol. The van der Waals surface area contributed by atoms with Crippen LogP contribution in [0.25, 0.3) is 10.9 Å². The van der Waals surface area contributed by atoms with Gasteiger partial charge in [-0.1, -0.05) is 30.3 Å². The second-order valence-electron chi connectivity index (χ2n) is 7.65. The zero-order valence-corrected chi connectivity index (χ0v) is 17.0. The summed E-state index contributed by atoms with van der Waals surface area (Å²) < 4.78 is 25.9. The number of carbonyl (C=O) groups is 1. The maximum Gasteiger partial charge on any atom is 0.254 e. The van der Waals surface area contributed by atoms with E-state index in [0.717, 1.165) is 5.39 Å². The molecule has 0 unspecified atom stereocenters. The first-order valence-electron chi connectivity index (χ1n) is 9.59. The van der Waals surface area contributed by atoms with Gasteiger partial charge in [0.1, 0.15) is 5.60 Å². The molecule has 7 nitrogen and oxygen atoms in total. The lowest BCUT2D eigenvalue weighted by Crippen LogP contribution is -2.63. The number of sulfone groups is 1. The Morgan fingerprint density at radius 1 is 1.07 bits per heavy atom. The summed E-state index contributed by atoms with van der Waals surface area (Å²) in [5.41, 5.74) is 0.416. The van der Waals surface area contributed by atoms with Gasteiger partial charge in [0.15, 0.2) is 9.84 Å². The molecule has 1 aliphatic heterocycles. The Bertz CT molecular complexity index is 1180. The van der Waals surface area contributed by atoms with Crippen LogP contribution in [0.1, 0.15) is 22.3 Å². The van der Waals surface area contributed by atoms with Gasteiger partial charge in [0.2, 0.25) is 0 Å². The molecule has 1 fully saturated rings. The zero-order valence-electron chi connectivity index (χ0n) is 16.2. The van der Waals surface area contributed by atoms with Crippen molar-refractivity contribution < 1.29 is 23.4 Å². The molecule has 30 heavy (non-hydrogen) atoms. The molecule has 1 aliphatic rings. The Labute approximate surface area is 174 Å². The molecule has 3 aromatic rings. The number of hydrogen-bond donors (Lipinski definition) is 2. The summed E-state index contributed by atoms with van der Waals surface area (Å²) in [5.74, 6) is -0.429. The van der Waals surface area contributed by atoms with Crippen LogP contribution in [0.4, 0.5) is 0 Å². The Balaban J connectivity index is 1.49. The van der Waals surface area contributed by atoms with Crippen LogP contribution < -0.4 is 0 Å². The van der Waals surface area contributed by atoms with Crippen molar-refractivity contribution >= 4 is 26.6 Å². The van der Waals surface area contributed by atoms with Gasteiger partial charge in [0.25, 0.3) is 5.91 Å². The smallest absolute Gasteiger partial charge is 0.254 e. The maximum absolute atomic E-state index is 13.0. The lowest BCUT2D eigenvalue weighted by atomic mass is 9.90. The van der Waals surface area contributed by atoms with E-state index in [4.69, 9.17) is 5.11 Å². The number of para-hydroxylation sites is 1. The minimum Gasteiger partial charge on any atom is -0.396 e. The van der Waals surface area contributed by atoms with E-state index in [1.165, 1.54) is 4.90 Å². The summed E-state index contributed by atoms with van der Waals surface area (Å²) in [4.78, 5) is 18.4. The number of rotatable bonds is 6. The highest BCUT2D eigenvalue weighted by Crippen LogP contribution is 2.27. The van der Waals surface area contributed by atoms with Crippen LogP contribution in [-0.4, -0.2) is 59.7 Å². The Morgan fingerprint density at radius 3 is 2.47 bits per heavy atom. The van der Waals surface area contributed by atoms with Crippen molar-refractivity contribution in [3.63, 3.8) is 0 Å². The molecule has 2 aromatic carbocycles. The van der Waals surface area contributed by atoms with E-state index in [1.807, 2.05) is 12.1 Å². The number of pyridine rings is 1. The van der Waals surface area contributed by atoms with E-state index < -0.39 is 15.4 Å². The Morgan fingerprint density at radius 2 is 1.77 bits per heavy atom. The number of hydrogen-bond acceptors (Lipinski definition) is 6. The molecule has 0 radical (unpaired) electrons. The number of β-amino-alcohol motifs (C(OH)–C–C–N with tert-alkyl or cyclic N) is 1. The van der Waals surface area contributed by atoms with Crippen molar-refractivity contribution in [2.24, 2.45) is 0 Å². The largest absolute Gasteiger partial charge is 0.396 e. The highest BCUT2D eigenvalue weighted by Gasteiger charge is 2.43. The molecule has 1 saturated heterocycles. The van der Waals surface area contributed by atoms with Crippen LogP contribution in [0.2, 0.25) is 0 Å². The molecule has 0 atom stereocenters. The van der Waals surface area contributed by atoms with Gasteiger partial charge >= 0.3 is 0 Å². The van der Waals surface area contributed by atoms with Crippen molar-refractivity contribution in [3.05, 3.63) is 71.9 Å². The van der Waals surface area contributed by atoms with Crippen LogP contribution in [0.15, 0.2) is 65.7 Å². The lowest BCUT2D eigenvalue weighted by molar-refractivity contribution is -0.0923. The molecule has 0 saturated carbocycles. The van der Waals surface area contributed by atoms with Crippen LogP contribution in [0, 0.1) is 0 Å². The second kappa shape index (κ2) is 7.79. The summed E-state index contributed by atoms with van der Waals surface area (Å²) >= 11 is 0. The SMILES string of the molecule is O=C(c1ccc(CS(=O)(=O)c2cccc3cccnc23)cc1)N1CC(O)(CCO)C1. The van der Waals surface area contributed by atoms with Crippen LogP contribution in [0.3, 0.4) is 0 Å². The van der Waals surface area contributed by atoms with E-state index in [0.29, 0.717) is 16.6 Å². The number of likely N-dealkylation sites (tertiary alicyclic amines) is 1. The number of fused-ring (bicyclic) bond motifs is 1. The second-order valence-corrected chi connectivity index (χ2v) is 9.60. The highest BCUT2D eigenvalue weighted by molar-refractivity contribution is 7.90. The van der Waals surface area contributed by atoms with Crippen molar-refractivity contribution in [2.45, 2.75) is 22.7 Å². The fourth-order valence-corrected chi connectivity index (χ4v) is 5.26. The van der Waals surface area contributed by atoms with E-state index in [-0.39, 0.29) is 42.7 Å². The highest BCUT2D eigenvalue weighted by atomic mass is 32.2. The number of aliphatic hydroxyl groups is 2. The molecule has 2 heterocycles. The number of aliphatic hydroxyl groups excluding tert-OH is 1. The fraction of sp³-hybridized carbons (Fsp3) is 0.273. The van der Waals surface area contributed by atoms with E-state index in [1.54, 1.807) is 48.7 Å². The van der Waals surface area contributed by atoms with Crippen molar-refractivity contribution in [3.8, 4) is 0 Å². The van der Waals surface area contributed by atoms with Gasteiger partial charge in [-0.25, -0.2) is 8.42 Å². The molecule has 8 heteroatoms. The van der Waals surface area contributed by atoms with E-state index >= 15 is 0 Å². The number of amides is 1. The average molecular weight is 426 g/mol. The first-order valence-corrected chi connectivity index (χ1v) is 11.2. The van der Waals surface area contributed by atoms with Gasteiger partial charge in [-0.15, -0.1) is 0 Å². The molecule has 156 valence electrons. The minimum absolute atomic E-state index is 0.131. The summed E-state index contributed by atoms with van der Waals surface area (Å²) in [6.45, 7) is 0.223. The van der Waals surface area contributed by atoms with Gasteiger partial charge in [-0.05, 0) is 29.8 Å². The summed E-state index contributed by atoms with van der Waals surface area (Å²) in [6, 6.07) is 15.1. The summed E-state index contributed by atoms with van der Waals surface area (Å²) in [7, 11) is -3.62. The van der Waals surface area contributed by atoms with Crippen molar-refractivity contribution in [2.75, 3.05) is 19.7 Å². The number of carbonyl (C=O) groups excluding carboxylic acids is 1. The fourth-order valence-electron chi connectivity index (χ4n) is 3.72. The first-order chi connectivity index (χ1) is 14.3. The maximum atomic E-state index is 13.0. The van der Waals surface area contributed by atoms with Gasteiger partial charge < -0.3 is 15.1 Å². The topological polar surface area (TPSA) is 108 Å². The van der Waals surface area contributed by atoms with E-state index in [9.17, 15) is 18.3 Å². The normalized spacial score (nSPS) is 15.7. The molecule has 0 spiro atoms. The first kappa shape index (κ1) is 20.5. The van der Waals surface area contributed by atoms with Gasteiger partial charge in [0.05, 0.1) is 29.3 Å². The summed E-state index contributed by atoms with van der Waals surface area (Å²) in [5, 5.41) is 19.8. The lowest BCUT2D eigenvalue weighted by Gasteiger charge is -2.46. The number of benzene rings is 2. The number of nitrogens with zero attached hydrogens (tertiary/aromatic N) is 2. The van der Waals surface area contributed by atoms with Crippen LogP contribution in [-0.2, 0) is 15.6 Å². The third-order valence-corrected chi connectivity index (χ3v) is 7.04. The molecule has 0 bridgehead atoms. The number of aromatic nitrogens is 1. The van der Waals surface area contributed by atoms with Gasteiger partial charge in [-0.3, -0.25) is 9.78 Å². The molecule has 1 amide bonds. The third kappa shape index (κ3) is 3.94. The quantitative estimate of drug-likeness (QED) is 0.622. The van der Waals surface area contributed by atoms with Gasteiger partial charge in [0, 0.05) is 30.2 Å². The van der Waals surface area contributed by atoms with Crippen LogP contribution >= 0.6 is 0 Å². The molecule has 4 rings (SSSR count). The van der Waals surface area contributed by atoms with E-state index in [2.05, 4.69) is 4.98 Å². The molecule has 0 aliphatic carbocycles. The van der Waals surface area contributed by atoms with Crippen molar-refractivity contribution in [1.82, 2.24) is 9.88 Å². The summed E-state index contributed by atoms with van der Waals surface area (Å²) in [6.07, 6.45) is 1.80. The monoisotopic (exact) mass is 426 g/mol. The third-order valence-electron chi connectivity index (χ3n) is 5.32. The Hall–Kier alpha value is -2.81. The minimum atomic E-state index is -3.62. The molecular formula is C22H22N2O5S. The average Bonchev–Trinajstić information content (AvgIpc) is 2.71. The molecule has 1 aromatic heterocycles. The predicted molar refractivity (Wildman–Crippen MR) is 112 cm³/mol.